The fraction of sp³-hybridized carbons (Fsp3) is 0.556. The second kappa shape index (κ2) is 7.31. The molecule has 3 N–H and O–H groups in total. The Hall–Kier alpha value is -2.28. The van der Waals surface area contributed by atoms with E-state index in [-0.39, 0.29) is 17.4 Å². The molecule has 2 fully saturated rings. The average molecular weight is 347 g/mol. The van der Waals surface area contributed by atoms with Crippen molar-refractivity contribution in [2.75, 3.05) is 33.4 Å². The molecule has 0 radical (unpaired) electrons. The van der Waals surface area contributed by atoms with E-state index < -0.39 is 0 Å². The number of carbonyl (C=O) groups excluding carboxylic acids is 2. The third-order valence-electron chi connectivity index (χ3n) is 5.03. The summed E-state index contributed by atoms with van der Waals surface area (Å²) in [5, 5.41) is 3.09. The largest absolute Gasteiger partial charge is 0.493 e. The number of hydrogen-bond donors (Lipinski definition) is 2. The first-order valence-corrected chi connectivity index (χ1v) is 8.68. The molecular weight excluding hydrogens is 322 g/mol. The van der Waals surface area contributed by atoms with Gasteiger partial charge in [-0.15, -0.1) is 0 Å². The van der Waals surface area contributed by atoms with E-state index in [2.05, 4.69) is 5.32 Å². The summed E-state index contributed by atoms with van der Waals surface area (Å²) in [6.45, 7) is 2.04. The van der Waals surface area contributed by atoms with Gasteiger partial charge in [-0.25, -0.2) is 0 Å². The van der Waals surface area contributed by atoms with E-state index in [0.29, 0.717) is 49.7 Å². The van der Waals surface area contributed by atoms with Gasteiger partial charge in [0.2, 0.25) is 5.91 Å². The van der Waals surface area contributed by atoms with Crippen LogP contribution in [0.15, 0.2) is 18.2 Å². The lowest BCUT2D eigenvalue weighted by Crippen LogP contribution is -2.52. The second-order valence-electron chi connectivity index (χ2n) is 6.62. The van der Waals surface area contributed by atoms with Crippen molar-refractivity contribution in [1.82, 2.24) is 10.2 Å². The van der Waals surface area contributed by atoms with E-state index in [1.54, 1.807) is 25.3 Å². The van der Waals surface area contributed by atoms with E-state index in [0.717, 1.165) is 19.3 Å². The van der Waals surface area contributed by atoms with Crippen molar-refractivity contribution in [2.45, 2.75) is 31.2 Å². The van der Waals surface area contributed by atoms with Gasteiger partial charge in [-0.1, -0.05) is 0 Å². The monoisotopic (exact) mass is 347 g/mol. The fourth-order valence-electron chi connectivity index (χ4n) is 3.56. The van der Waals surface area contributed by atoms with Gasteiger partial charge in [0.25, 0.3) is 5.91 Å². The topological polar surface area (TPSA) is 93.9 Å². The summed E-state index contributed by atoms with van der Waals surface area (Å²) >= 11 is 0. The quantitative estimate of drug-likeness (QED) is 0.826. The highest BCUT2D eigenvalue weighted by Crippen LogP contribution is 2.33. The number of benzene rings is 1. The number of nitrogens with two attached hydrogens (primary N) is 1. The number of ether oxygens (including phenoxy) is 2. The molecule has 25 heavy (non-hydrogen) atoms. The molecule has 1 spiro atoms. The highest BCUT2D eigenvalue weighted by Gasteiger charge is 2.41. The predicted molar refractivity (Wildman–Crippen MR) is 92.8 cm³/mol. The van der Waals surface area contributed by atoms with Crippen LogP contribution in [-0.4, -0.2) is 55.6 Å². The van der Waals surface area contributed by atoms with Gasteiger partial charge in [-0.2, -0.15) is 0 Å². The van der Waals surface area contributed by atoms with E-state index in [1.165, 1.54) is 0 Å². The van der Waals surface area contributed by atoms with Crippen molar-refractivity contribution in [3.63, 3.8) is 0 Å². The molecule has 0 aliphatic carbocycles. The zero-order valence-corrected chi connectivity index (χ0v) is 14.5. The third kappa shape index (κ3) is 3.71. The minimum absolute atomic E-state index is 0.0283. The number of amides is 2. The van der Waals surface area contributed by atoms with Gasteiger partial charge < -0.3 is 25.4 Å². The standard InChI is InChI=1S/C18H25N3O4/c1-24-14-3-2-13(12-15(14)25-11-8-19)17(23)21-9-6-18(7-10-21)5-4-16(22)20-18/h2-3,12H,4-11,19H2,1H3,(H,20,22). The minimum Gasteiger partial charge on any atom is -0.493 e. The molecule has 0 bridgehead atoms. The van der Waals surface area contributed by atoms with Crippen molar-refractivity contribution in [2.24, 2.45) is 5.73 Å². The summed E-state index contributed by atoms with van der Waals surface area (Å²) in [5.74, 6) is 1.20. The van der Waals surface area contributed by atoms with Crippen LogP contribution in [0.4, 0.5) is 0 Å². The molecule has 7 heteroatoms. The lowest BCUT2D eigenvalue weighted by Gasteiger charge is -2.39. The Balaban J connectivity index is 1.68. The first kappa shape index (κ1) is 17.5. The minimum atomic E-state index is -0.108. The Kier molecular flexibility index (Phi) is 5.13. The van der Waals surface area contributed by atoms with Crippen molar-refractivity contribution in [3.05, 3.63) is 23.8 Å². The van der Waals surface area contributed by atoms with Crippen LogP contribution in [0, 0.1) is 0 Å². The molecule has 2 saturated heterocycles. The van der Waals surface area contributed by atoms with Crippen molar-refractivity contribution in [3.8, 4) is 11.5 Å². The van der Waals surface area contributed by atoms with Gasteiger partial charge in [0.1, 0.15) is 6.61 Å². The summed E-state index contributed by atoms with van der Waals surface area (Å²) in [6.07, 6.45) is 3.07. The van der Waals surface area contributed by atoms with Crippen LogP contribution in [0.1, 0.15) is 36.0 Å². The average Bonchev–Trinajstić information content (AvgIpc) is 3.00. The van der Waals surface area contributed by atoms with Crippen LogP contribution in [0.2, 0.25) is 0 Å². The Morgan fingerprint density at radius 3 is 2.64 bits per heavy atom. The number of piperidine rings is 1. The summed E-state index contributed by atoms with van der Waals surface area (Å²) < 4.78 is 10.8. The van der Waals surface area contributed by atoms with Gasteiger partial charge in [0.05, 0.1) is 7.11 Å². The summed E-state index contributed by atoms with van der Waals surface area (Å²) in [4.78, 5) is 26.2. The number of hydrogen-bond acceptors (Lipinski definition) is 5. The molecule has 2 amide bonds. The summed E-state index contributed by atoms with van der Waals surface area (Å²) in [5.41, 5.74) is 5.94. The molecule has 2 aliphatic rings. The molecule has 1 aromatic rings. The van der Waals surface area contributed by atoms with Crippen LogP contribution in [0.3, 0.4) is 0 Å². The number of nitrogens with one attached hydrogen (secondary N) is 1. The van der Waals surface area contributed by atoms with Crippen molar-refractivity contribution >= 4 is 11.8 Å². The van der Waals surface area contributed by atoms with Gasteiger partial charge in [-0.05, 0) is 37.5 Å². The van der Waals surface area contributed by atoms with E-state index in [9.17, 15) is 9.59 Å². The lowest BCUT2D eigenvalue weighted by atomic mass is 9.86. The molecule has 0 atom stereocenters. The summed E-state index contributed by atoms with van der Waals surface area (Å²) in [6, 6.07) is 5.19. The molecule has 1 aromatic carbocycles. The zero-order chi connectivity index (χ0) is 17.9. The molecule has 0 unspecified atom stereocenters. The lowest BCUT2D eigenvalue weighted by molar-refractivity contribution is -0.120. The number of nitrogens with zero attached hydrogens (tertiary/aromatic N) is 1. The first-order valence-electron chi connectivity index (χ1n) is 8.68. The SMILES string of the molecule is COc1ccc(C(=O)N2CCC3(CCC(=O)N3)CC2)cc1OCCN. The Labute approximate surface area is 147 Å². The molecule has 7 nitrogen and oxygen atoms in total. The Morgan fingerprint density at radius 1 is 1.28 bits per heavy atom. The molecular formula is C18H25N3O4. The van der Waals surface area contributed by atoms with Crippen LogP contribution in [0.25, 0.3) is 0 Å². The van der Waals surface area contributed by atoms with E-state index in [4.69, 9.17) is 15.2 Å². The maximum Gasteiger partial charge on any atom is 0.253 e. The Bertz CT molecular complexity index is 654. The van der Waals surface area contributed by atoms with Crippen molar-refractivity contribution in [1.29, 1.82) is 0 Å². The molecule has 3 rings (SSSR count). The normalized spacial score (nSPS) is 19.0. The van der Waals surface area contributed by atoms with Crippen LogP contribution < -0.4 is 20.5 Å². The van der Waals surface area contributed by atoms with Crippen LogP contribution >= 0.6 is 0 Å². The molecule has 0 saturated carbocycles. The molecule has 2 heterocycles. The first-order chi connectivity index (χ1) is 12.1. The third-order valence-corrected chi connectivity index (χ3v) is 5.03. The highest BCUT2D eigenvalue weighted by molar-refractivity contribution is 5.95. The maximum absolute atomic E-state index is 12.8. The van der Waals surface area contributed by atoms with E-state index >= 15 is 0 Å². The number of carbonyl (C=O) groups is 2. The Morgan fingerprint density at radius 2 is 2.04 bits per heavy atom. The summed E-state index contributed by atoms with van der Waals surface area (Å²) in [7, 11) is 1.56. The van der Waals surface area contributed by atoms with Gasteiger partial charge in [-0.3, -0.25) is 9.59 Å². The maximum atomic E-state index is 12.8. The van der Waals surface area contributed by atoms with E-state index in [1.807, 2.05) is 4.90 Å². The number of methoxy groups -OCH3 is 1. The second-order valence-corrected chi connectivity index (χ2v) is 6.62. The van der Waals surface area contributed by atoms with Gasteiger partial charge in [0.15, 0.2) is 11.5 Å². The zero-order valence-electron chi connectivity index (χ0n) is 14.5. The van der Waals surface area contributed by atoms with Gasteiger partial charge >= 0.3 is 0 Å². The smallest absolute Gasteiger partial charge is 0.253 e. The number of rotatable bonds is 5. The van der Waals surface area contributed by atoms with Crippen LogP contribution in [0.5, 0.6) is 11.5 Å². The fourth-order valence-corrected chi connectivity index (χ4v) is 3.56. The highest BCUT2D eigenvalue weighted by atomic mass is 16.5. The van der Waals surface area contributed by atoms with Gasteiger partial charge in [0, 0.05) is 37.2 Å². The number of likely N-dealkylation sites (tertiary alicyclic amines) is 1. The predicted octanol–water partition coefficient (Wildman–Crippen LogP) is 0.918. The molecule has 136 valence electrons. The van der Waals surface area contributed by atoms with Crippen LogP contribution in [-0.2, 0) is 4.79 Å². The molecule has 2 aliphatic heterocycles. The van der Waals surface area contributed by atoms with Crippen molar-refractivity contribution < 1.29 is 19.1 Å². The molecule has 0 aromatic heterocycles.